The van der Waals surface area contributed by atoms with Gasteiger partial charge in [0.25, 0.3) is 5.91 Å². The lowest BCUT2D eigenvalue weighted by Crippen LogP contribution is -2.35. The highest BCUT2D eigenvalue weighted by atomic mass is 19.1. The van der Waals surface area contributed by atoms with Crippen LogP contribution < -0.4 is 10.6 Å². The number of aryl methyl sites for hydroxylation is 1. The van der Waals surface area contributed by atoms with E-state index in [1.54, 1.807) is 0 Å². The molecule has 0 spiro atoms. The van der Waals surface area contributed by atoms with Crippen LogP contribution in [-0.4, -0.2) is 29.6 Å². The van der Waals surface area contributed by atoms with Crippen molar-refractivity contribution in [1.82, 2.24) is 5.32 Å². The molecule has 1 aliphatic rings. The van der Waals surface area contributed by atoms with E-state index < -0.39 is 17.8 Å². The number of halogens is 1. The maximum atomic E-state index is 14.0. The first-order valence-corrected chi connectivity index (χ1v) is 6.97. The van der Waals surface area contributed by atoms with E-state index in [-0.39, 0.29) is 23.9 Å². The lowest BCUT2D eigenvalue weighted by atomic mass is 9.99. The third-order valence-electron chi connectivity index (χ3n) is 3.57. The number of amides is 2. The van der Waals surface area contributed by atoms with Crippen molar-refractivity contribution >= 4 is 17.5 Å². The van der Waals surface area contributed by atoms with Gasteiger partial charge in [-0.15, -0.1) is 0 Å². The Kier molecular flexibility index (Phi) is 4.57. The van der Waals surface area contributed by atoms with Crippen LogP contribution in [0.3, 0.4) is 0 Å². The van der Waals surface area contributed by atoms with Gasteiger partial charge in [-0.3, -0.25) is 9.59 Å². The monoisotopic (exact) mass is 294 g/mol. The van der Waals surface area contributed by atoms with E-state index in [0.29, 0.717) is 18.5 Å². The number of carbonyl (C=O) groups is 2. The molecule has 2 amide bonds. The summed E-state index contributed by atoms with van der Waals surface area (Å²) in [5.41, 5.74) is 1.09. The molecular formula is C15H19FN2O3. The van der Waals surface area contributed by atoms with E-state index in [1.807, 2.05) is 13.8 Å². The molecule has 21 heavy (non-hydrogen) atoms. The second kappa shape index (κ2) is 6.22. The number of aliphatic hydroxyl groups excluding tert-OH is 1. The summed E-state index contributed by atoms with van der Waals surface area (Å²) in [5.74, 6) is -1.40. The van der Waals surface area contributed by atoms with Crippen molar-refractivity contribution in [3.05, 3.63) is 29.1 Å². The molecule has 1 aromatic carbocycles. The highest BCUT2D eigenvalue weighted by molar-refractivity contribution is 5.98. The molecule has 0 saturated heterocycles. The van der Waals surface area contributed by atoms with Crippen molar-refractivity contribution in [2.75, 3.05) is 11.9 Å². The Hall–Kier alpha value is -1.95. The zero-order chi connectivity index (χ0) is 15.6. The van der Waals surface area contributed by atoms with Crippen LogP contribution in [0, 0.1) is 11.7 Å². The SMILES string of the molecule is CC(C)C(O)CNC(=O)c1cc2c(cc1F)NC(=O)CC2. The number of hydrogen-bond acceptors (Lipinski definition) is 3. The summed E-state index contributed by atoms with van der Waals surface area (Å²) in [7, 11) is 0. The Labute approximate surface area is 122 Å². The molecule has 1 heterocycles. The van der Waals surface area contributed by atoms with E-state index in [9.17, 15) is 19.1 Å². The number of carbonyl (C=O) groups excluding carboxylic acids is 2. The number of nitrogens with one attached hydrogen (secondary N) is 2. The molecule has 1 atom stereocenters. The van der Waals surface area contributed by atoms with Crippen molar-refractivity contribution < 1.29 is 19.1 Å². The van der Waals surface area contributed by atoms with Gasteiger partial charge in [-0.25, -0.2) is 4.39 Å². The molecular weight excluding hydrogens is 275 g/mol. The van der Waals surface area contributed by atoms with Crippen LogP contribution in [0.5, 0.6) is 0 Å². The molecule has 0 aromatic heterocycles. The lowest BCUT2D eigenvalue weighted by Gasteiger charge is -2.19. The van der Waals surface area contributed by atoms with Gasteiger partial charge in [0.05, 0.1) is 11.7 Å². The molecule has 3 N–H and O–H groups in total. The number of rotatable bonds is 4. The van der Waals surface area contributed by atoms with Crippen LogP contribution in [0.25, 0.3) is 0 Å². The Balaban J connectivity index is 2.13. The molecule has 0 aliphatic carbocycles. The van der Waals surface area contributed by atoms with Crippen molar-refractivity contribution in [2.45, 2.75) is 32.8 Å². The number of benzene rings is 1. The highest BCUT2D eigenvalue weighted by Crippen LogP contribution is 2.25. The molecule has 114 valence electrons. The minimum absolute atomic E-state index is 0.00823. The number of anilines is 1. The average molecular weight is 294 g/mol. The van der Waals surface area contributed by atoms with Crippen molar-refractivity contribution in [3.63, 3.8) is 0 Å². The molecule has 1 aromatic rings. The van der Waals surface area contributed by atoms with Crippen LogP contribution in [0.2, 0.25) is 0 Å². The van der Waals surface area contributed by atoms with Gasteiger partial charge in [0, 0.05) is 18.7 Å². The zero-order valence-corrected chi connectivity index (χ0v) is 12.1. The van der Waals surface area contributed by atoms with Crippen LogP contribution in [0.1, 0.15) is 36.2 Å². The van der Waals surface area contributed by atoms with Gasteiger partial charge in [-0.1, -0.05) is 13.8 Å². The molecule has 0 radical (unpaired) electrons. The molecule has 0 fully saturated rings. The summed E-state index contributed by atoms with van der Waals surface area (Å²) in [5, 5.41) is 14.8. The summed E-state index contributed by atoms with van der Waals surface area (Å²) in [6.45, 7) is 3.74. The van der Waals surface area contributed by atoms with E-state index >= 15 is 0 Å². The second-order valence-corrected chi connectivity index (χ2v) is 5.56. The van der Waals surface area contributed by atoms with Crippen LogP contribution in [-0.2, 0) is 11.2 Å². The Morgan fingerprint density at radius 1 is 1.43 bits per heavy atom. The quantitative estimate of drug-likeness (QED) is 0.786. The molecule has 5 nitrogen and oxygen atoms in total. The van der Waals surface area contributed by atoms with Crippen LogP contribution in [0.15, 0.2) is 12.1 Å². The Bertz CT molecular complexity index is 572. The first-order chi connectivity index (χ1) is 9.88. The highest BCUT2D eigenvalue weighted by Gasteiger charge is 2.21. The van der Waals surface area contributed by atoms with Gasteiger partial charge in [0.2, 0.25) is 5.91 Å². The van der Waals surface area contributed by atoms with Crippen LogP contribution >= 0.6 is 0 Å². The summed E-state index contributed by atoms with van der Waals surface area (Å²) < 4.78 is 14.0. The fourth-order valence-electron chi connectivity index (χ4n) is 2.10. The largest absolute Gasteiger partial charge is 0.391 e. The maximum Gasteiger partial charge on any atom is 0.254 e. The summed E-state index contributed by atoms with van der Waals surface area (Å²) >= 11 is 0. The van der Waals surface area contributed by atoms with Crippen molar-refractivity contribution in [1.29, 1.82) is 0 Å². The topological polar surface area (TPSA) is 78.4 Å². The average Bonchev–Trinajstić information content (AvgIpc) is 2.43. The predicted octanol–water partition coefficient (Wildman–Crippen LogP) is 1.46. The summed E-state index contributed by atoms with van der Waals surface area (Å²) in [6.07, 6.45) is 0.135. The molecule has 2 rings (SSSR count). The Morgan fingerprint density at radius 3 is 2.81 bits per heavy atom. The predicted molar refractivity (Wildman–Crippen MR) is 76.5 cm³/mol. The molecule has 6 heteroatoms. The summed E-state index contributed by atoms with van der Waals surface area (Å²) in [4.78, 5) is 23.2. The first kappa shape index (κ1) is 15.4. The fourth-order valence-corrected chi connectivity index (χ4v) is 2.10. The van der Waals surface area contributed by atoms with Crippen molar-refractivity contribution in [2.24, 2.45) is 5.92 Å². The van der Waals surface area contributed by atoms with Crippen LogP contribution in [0.4, 0.5) is 10.1 Å². The molecule has 0 saturated carbocycles. The normalized spacial score (nSPS) is 15.4. The lowest BCUT2D eigenvalue weighted by molar-refractivity contribution is -0.116. The maximum absolute atomic E-state index is 14.0. The number of fused-ring (bicyclic) bond motifs is 1. The molecule has 0 bridgehead atoms. The number of hydrogen-bond donors (Lipinski definition) is 3. The van der Waals surface area contributed by atoms with Gasteiger partial charge in [-0.2, -0.15) is 0 Å². The van der Waals surface area contributed by atoms with E-state index in [1.165, 1.54) is 12.1 Å². The first-order valence-electron chi connectivity index (χ1n) is 6.97. The zero-order valence-electron chi connectivity index (χ0n) is 12.1. The van der Waals surface area contributed by atoms with Crippen molar-refractivity contribution in [3.8, 4) is 0 Å². The minimum Gasteiger partial charge on any atom is -0.391 e. The van der Waals surface area contributed by atoms with Gasteiger partial charge in [0.1, 0.15) is 5.82 Å². The second-order valence-electron chi connectivity index (χ2n) is 5.56. The van der Waals surface area contributed by atoms with E-state index in [0.717, 1.165) is 5.56 Å². The van der Waals surface area contributed by atoms with E-state index in [2.05, 4.69) is 10.6 Å². The smallest absolute Gasteiger partial charge is 0.254 e. The van der Waals surface area contributed by atoms with Gasteiger partial charge < -0.3 is 15.7 Å². The Morgan fingerprint density at radius 2 is 2.14 bits per heavy atom. The van der Waals surface area contributed by atoms with Gasteiger partial charge in [0.15, 0.2) is 0 Å². The standard InChI is InChI=1S/C15H19FN2O3/c1-8(2)13(19)7-17-15(21)10-5-9-3-4-14(20)18-12(9)6-11(10)16/h5-6,8,13,19H,3-4,7H2,1-2H3,(H,17,21)(H,18,20). The van der Waals surface area contributed by atoms with Gasteiger partial charge in [-0.05, 0) is 30.0 Å². The minimum atomic E-state index is -0.688. The fraction of sp³-hybridized carbons (Fsp3) is 0.467. The third-order valence-corrected chi connectivity index (χ3v) is 3.57. The van der Waals surface area contributed by atoms with Gasteiger partial charge >= 0.3 is 0 Å². The molecule has 1 aliphatic heterocycles. The summed E-state index contributed by atoms with van der Waals surface area (Å²) in [6, 6.07) is 2.63. The van der Waals surface area contributed by atoms with E-state index in [4.69, 9.17) is 0 Å². The molecule has 1 unspecified atom stereocenters. The third kappa shape index (κ3) is 3.58. The number of aliphatic hydroxyl groups is 1.